The lowest BCUT2D eigenvalue weighted by molar-refractivity contribution is 0.481. The smallest absolute Gasteiger partial charge is 0.294 e. The van der Waals surface area contributed by atoms with E-state index in [1.165, 1.54) is 36.4 Å². The number of rotatable bonds is 2. The van der Waals surface area contributed by atoms with Crippen molar-refractivity contribution in [3.8, 4) is 11.1 Å². The molecule has 0 bridgehead atoms. The van der Waals surface area contributed by atoms with Gasteiger partial charge in [-0.25, -0.2) is 0 Å². The van der Waals surface area contributed by atoms with Gasteiger partial charge in [0, 0.05) is 0 Å². The molecular formula is C12H10O7S2Si. The molecule has 0 spiro atoms. The van der Waals surface area contributed by atoms with Crippen molar-refractivity contribution >= 4 is 39.6 Å². The average molecular weight is 358 g/mol. The quantitative estimate of drug-likeness (QED) is 0.463. The molecule has 3 N–H and O–H groups in total. The van der Waals surface area contributed by atoms with Gasteiger partial charge in [-0.15, -0.1) is 0 Å². The highest BCUT2D eigenvalue weighted by Gasteiger charge is 2.31. The predicted molar refractivity (Wildman–Crippen MR) is 80.1 cm³/mol. The first-order valence-electron chi connectivity index (χ1n) is 6.00. The first-order chi connectivity index (χ1) is 10.1. The molecule has 0 radical (unpaired) electrons. The fourth-order valence-electron chi connectivity index (χ4n) is 2.50. The summed E-state index contributed by atoms with van der Waals surface area (Å²) in [5, 5.41) is 1.05. The molecule has 1 aliphatic heterocycles. The number of fused-ring (bicyclic) bond motifs is 3. The van der Waals surface area contributed by atoms with Crippen LogP contribution >= 0.6 is 0 Å². The molecule has 0 saturated heterocycles. The molecule has 10 heteroatoms. The lowest BCUT2D eigenvalue weighted by Gasteiger charge is -2.05. The molecule has 1 heterocycles. The van der Waals surface area contributed by atoms with E-state index in [9.17, 15) is 21.6 Å². The van der Waals surface area contributed by atoms with Crippen LogP contribution in [0.5, 0.6) is 0 Å². The maximum Gasteiger partial charge on any atom is 0.294 e. The molecule has 22 heavy (non-hydrogen) atoms. The van der Waals surface area contributed by atoms with E-state index in [0.717, 1.165) is 0 Å². The van der Waals surface area contributed by atoms with Crippen LogP contribution < -0.4 is 10.4 Å². The molecule has 0 amide bonds. The maximum atomic E-state index is 11.2. The summed E-state index contributed by atoms with van der Waals surface area (Å²) in [6.45, 7) is 0. The Hall–Kier alpha value is -1.56. The van der Waals surface area contributed by atoms with Gasteiger partial charge in [0.05, 0.1) is 9.79 Å². The fraction of sp³-hybridized carbons (Fsp3) is 0. The molecule has 3 rings (SSSR count). The minimum atomic E-state index is -4.42. The van der Waals surface area contributed by atoms with E-state index in [0.29, 0.717) is 21.5 Å². The molecular weight excluding hydrogens is 348 g/mol. The second-order valence-electron chi connectivity index (χ2n) is 4.85. The fourth-order valence-corrected chi connectivity index (χ4v) is 5.48. The Balaban J connectivity index is 2.30. The number of benzene rings is 2. The first kappa shape index (κ1) is 15.3. The molecule has 0 fully saturated rings. The van der Waals surface area contributed by atoms with Gasteiger partial charge in [-0.2, -0.15) is 16.8 Å². The molecule has 7 nitrogen and oxygen atoms in total. The summed E-state index contributed by atoms with van der Waals surface area (Å²) in [6, 6.07) is 7.53. The summed E-state index contributed by atoms with van der Waals surface area (Å²) in [7, 11) is -11.4. The van der Waals surface area contributed by atoms with Gasteiger partial charge in [-0.3, -0.25) is 9.11 Å². The SMILES string of the molecule is O=S(=O)(O)c1ccc2c(c1)-c1cc(S(=O)(=O)O)ccc1[SiH]2O. The van der Waals surface area contributed by atoms with Crippen LogP contribution in [0.1, 0.15) is 0 Å². The Morgan fingerprint density at radius 1 is 0.727 bits per heavy atom. The van der Waals surface area contributed by atoms with Crippen molar-refractivity contribution in [1.82, 2.24) is 0 Å². The molecule has 0 saturated carbocycles. The van der Waals surface area contributed by atoms with Gasteiger partial charge in [-0.1, -0.05) is 12.1 Å². The van der Waals surface area contributed by atoms with E-state index in [-0.39, 0.29) is 9.79 Å². The van der Waals surface area contributed by atoms with Crippen LogP contribution in [0.25, 0.3) is 11.1 Å². The minimum Gasteiger partial charge on any atom is -0.426 e. The highest BCUT2D eigenvalue weighted by atomic mass is 32.2. The third kappa shape index (κ3) is 2.39. The topological polar surface area (TPSA) is 129 Å². The third-order valence-corrected chi connectivity index (χ3v) is 7.41. The highest BCUT2D eigenvalue weighted by Crippen LogP contribution is 2.27. The number of hydrogen-bond donors (Lipinski definition) is 3. The Labute approximate surface area is 128 Å². The van der Waals surface area contributed by atoms with Crippen molar-refractivity contribution < 1.29 is 30.7 Å². The van der Waals surface area contributed by atoms with Crippen molar-refractivity contribution in [2.24, 2.45) is 0 Å². The monoisotopic (exact) mass is 358 g/mol. The Bertz CT molecular complexity index is 915. The van der Waals surface area contributed by atoms with E-state index < -0.39 is 29.3 Å². The van der Waals surface area contributed by atoms with E-state index >= 15 is 0 Å². The van der Waals surface area contributed by atoms with Gasteiger partial charge < -0.3 is 4.80 Å². The third-order valence-electron chi connectivity index (χ3n) is 3.52. The lowest BCUT2D eigenvalue weighted by Crippen LogP contribution is -2.37. The Morgan fingerprint density at radius 3 is 1.41 bits per heavy atom. The van der Waals surface area contributed by atoms with E-state index in [4.69, 9.17) is 9.11 Å². The van der Waals surface area contributed by atoms with Crippen LogP contribution in [0.15, 0.2) is 46.2 Å². The van der Waals surface area contributed by atoms with Gasteiger partial charge in [-0.05, 0) is 45.8 Å². The average Bonchev–Trinajstić information content (AvgIpc) is 2.70. The minimum absolute atomic E-state index is 0.342. The van der Waals surface area contributed by atoms with Crippen LogP contribution in [0.4, 0.5) is 0 Å². The predicted octanol–water partition coefficient (Wildman–Crippen LogP) is -1.01. The van der Waals surface area contributed by atoms with Crippen molar-refractivity contribution in [1.29, 1.82) is 0 Å². The second kappa shape index (κ2) is 4.71. The maximum absolute atomic E-state index is 11.2. The van der Waals surface area contributed by atoms with Gasteiger partial charge in [0.15, 0.2) is 0 Å². The van der Waals surface area contributed by atoms with Crippen LogP contribution in [-0.4, -0.2) is 39.8 Å². The van der Waals surface area contributed by atoms with Crippen molar-refractivity contribution in [2.75, 3.05) is 0 Å². The van der Waals surface area contributed by atoms with Gasteiger partial charge >= 0.3 is 0 Å². The summed E-state index contributed by atoms with van der Waals surface area (Å²) in [5.41, 5.74) is 0.685. The summed E-state index contributed by atoms with van der Waals surface area (Å²) < 4.78 is 63.1. The standard InChI is InChI=1S/C12H10O7S2Si/c13-20(14,15)7-1-3-11-9(5-7)10-6-8(21(16,17)18)2-4-12(10)22(11)19/h1-6,19,22H,(H,13,14,15)(H,16,17,18). The first-order valence-corrected chi connectivity index (χ1v) is 10.6. The van der Waals surface area contributed by atoms with Crippen LogP contribution in [0.3, 0.4) is 0 Å². The zero-order valence-electron chi connectivity index (χ0n) is 10.8. The number of hydrogen-bond acceptors (Lipinski definition) is 5. The summed E-state index contributed by atoms with van der Waals surface area (Å²) in [5.74, 6) is 0. The van der Waals surface area contributed by atoms with Crippen LogP contribution in [0.2, 0.25) is 0 Å². The van der Waals surface area contributed by atoms with Crippen molar-refractivity contribution in [3.63, 3.8) is 0 Å². The van der Waals surface area contributed by atoms with Gasteiger partial charge in [0.2, 0.25) is 9.04 Å². The largest absolute Gasteiger partial charge is 0.426 e. The molecule has 0 aliphatic carbocycles. The molecule has 0 atom stereocenters. The van der Waals surface area contributed by atoms with Crippen molar-refractivity contribution in [2.45, 2.75) is 9.79 Å². The molecule has 2 aromatic rings. The molecule has 2 aromatic carbocycles. The highest BCUT2D eigenvalue weighted by molar-refractivity contribution is 7.86. The van der Waals surface area contributed by atoms with E-state index in [1.54, 1.807) is 0 Å². The molecule has 1 aliphatic rings. The lowest BCUT2D eigenvalue weighted by atomic mass is 10.1. The Kier molecular flexibility index (Phi) is 3.29. The van der Waals surface area contributed by atoms with E-state index in [1.807, 2.05) is 0 Å². The zero-order valence-corrected chi connectivity index (χ0v) is 13.6. The van der Waals surface area contributed by atoms with Crippen LogP contribution in [-0.2, 0) is 20.2 Å². The molecule has 0 unspecified atom stereocenters. The van der Waals surface area contributed by atoms with Crippen molar-refractivity contribution in [3.05, 3.63) is 36.4 Å². The second-order valence-corrected chi connectivity index (χ2v) is 9.74. The van der Waals surface area contributed by atoms with Gasteiger partial charge in [0.1, 0.15) is 0 Å². The molecule has 0 aromatic heterocycles. The molecule has 116 valence electrons. The van der Waals surface area contributed by atoms with E-state index in [2.05, 4.69) is 0 Å². The normalized spacial score (nSPS) is 14.7. The van der Waals surface area contributed by atoms with Gasteiger partial charge in [0.25, 0.3) is 20.2 Å². The zero-order chi connectivity index (χ0) is 16.3. The Morgan fingerprint density at radius 2 is 1.09 bits per heavy atom. The summed E-state index contributed by atoms with van der Waals surface area (Å²) in [6.07, 6.45) is 0. The van der Waals surface area contributed by atoms with Crippen LogP contribution in [0, 0.1) is 0 Å². The summed E-state index contributed by atoms with van der Waals surface area (Å²) >= 11 is 0. The summed E-state index contributed by atoms with van der Waals surface area (Å²) in [4.78, 5) is 9.64.